The van der Waals surface area contributed by atoms with Crippen LogP contribution in [0.3, 0.4) is 0 Å². The van der Waals surface area contributed by atoms with E-state index >= 15 is 0 Å². The molecule has 5 N–H and O–H groups in total. The highest BCUT2D eigenvalue weighted by molar-refractivity contribution is 5.89. The molecule has 1 saturated heterocycles. The number of carbonyl (C=O) groups is 2. The van der Waals surface area contributed by atoms with E-state index in [2.05, 4.69) is 10.6 Å². The Labute approximate surface area is 146 Å². The third-order valence-electron chi connectivity index (χ3n) is 4.25. The maximum absolute atomic E-state index is 12.1. The lowest BCUT2D eigenvalue weighted by Crippen LogP contribution is -2.66. The normalized spacial score (nSPS) is 26.4. The van der Waals surface area contributed by atoms with Crippen LogP contribution in [0.5, 0.6) is 0 Å². The van der Waals surface area contributed by atoms with Crippen molar-refractivity contribution < 1.29 is 24.9 Å². The number of piperidine rings is 1. The van der Waals surface area contributed by atoms with Crippen molar-refractivity contribution in [3.63, 3.8) is 0 Å². The monoisotopic (exact) mass is 351 g/mol. The predicted molar refractivity (Wildman–Crippen MR) is 92.0 cm³/mol. The van der Waals surface area contributed by atoms with Gasteiger partial charge in [-0.25, -0.2) is 4.79 Å². The first-order valence-electron chi connectivity index (χ1n) is 8.31. The first-order valence-corrected chi connectivity index (χ1v) is 8.31. The largest absolute Gasteiger partial charge is 0.388 e. The van der Waals surface area contributed by atoms with E-state index in [0.29, 0.717) is 18.7 Å². The second-order valence-corrected chi connectivity index (χ2v) is 6.23. The van der Waals surface area contributed by atoms with Gasteiger partial charge in [0.25, 0.3) is 5.91 Å². The summed E-state index contributed by atoms with van der Waals surface area (Å²) in [6, 6.07) is 5.95. The molecule has 2 rings (SSSR count). The van der Waals surface area contributed by atoms with Crippen LogP contribution in [0.15, 0.2) is 24.3 Å². The molecule has 1 aromatic rings. The minimum Gasteiger partial charge on any atom is -0.388 e. The van der Waals surface area contributed by atoms with Crippen LogP contribution in [0.1, 0.15) is 18.9 Å². The first kappa shape index (κ1) is 19.2. The predicted octanol–water partition coefficient (Wildman–Crippen LogP) is -0.180. The van der Waals surface area contributed by atoms with Gasteiger partial charge in [0.1, 0.15) is 12.2 Å². The molecule has 3 amide bonds. The Kier molecular flexibility index (Phi) is 6.35. The van der Waals surface area contributed by atoms with E-state index in [0.717, 1.165) is 5.56 Å². The van der Waals surface area contributed by atoms with Gasteiger partial charge in [-0.2, -0.15) is 0 Å². The fraction of sp³-hybridized carbons (Fsp3) is 0.529. The lowest BCUT2D eigenvalue weighted by Gasteiger charge is -2.43. The number of nitrogens with zero attached hydrogens (tertiary/aromatic N) is 1. The Hall–Kier alpha value is -2.16. The summed E-state index contributed by atoms with van der Waals surface area (Å²) < 4.78 is 0. The van der Waals surface area contributed by atoms with Crippen LogP contribution < -0.4 is 10.6 Å². The molecule has 25 heavy (non-hydrogen) atoms. The molecule has 0 aliphatic carbocycles. The highest BCUT2D eigenvalue weighted by atomic mass is 16.4. The van der Waals surface area contributed by atoms with Crippen molar-refractivity contribution in [2.24, 2.45) is 0 Å². The third kappa shape index (κ3) is 4.47. The number of aliphatic hydroxyl groups is 3. The molecule has 8 heteroatoms. The molecule has 0 bridgehead atoms. The summed E-state index contributed by atoms with van der Waals surface area (Å²) in [5.41, 5.74) is 1.68. The molecule has 138 valence electrons. The average Bonchev–Trinajstić information content (AvgIpc) is 2.59. The molecule has 1 aromatic carbocycles. The van der Waals surface area contributed by atoms with Gasteiger partial charge in [-0.3, -0.25) is 4.79 Å². The smallest absolute Gasteiger partial charge is 0.319 e. The number of hydrogen-bond acceptors (Lipinski definition) is 5. The van der Waals surface area contributed by atoms with Gasteiger partial charge < -0.3 is 30.9 Å². The summed E-state index contributed by atoms with van der Waals surface area (Å²) >= 11 is 0. The number of likely N-dealkylation sites (tertiary alicyclic amines) is 1. The molecule has 0 saturated carbocycles. The van der Waals surface area contributed by atoms with E-state index in [4.69, 9.17) is 0 Å². The topological polar surface area (TPSA) is 122 Å². The van der Waals surface area contributed by atoms with E-state index in [-0.39, 0.29) is 6.54 Å². The maximum Gasteiger partial charge on any atom is 0.319 e. The van der Waals surface area contributed by atoms with Crippen molar-refractivity contribution in [1.29, 1.82) is 0 Å². The van der Waals surface area contributed by atoms with Crippen LogP contribution in [-0.2, 0) is 4.79 Å². The minimum absolute atomic E-state index is 0.0472. The number of nitrogens with one attached hydrogen (secondary N) is 2. The molecule has 8 nitrogen and oxygen atoms in total. The van der Waals surface area contributed by atoms with E-state index in [1.54, 1.807) is 12.1 Å². The Morgan fingerprint density at radius 1 is 1.16 bits per heavy atom. The van der Waals surface area contributed by atoms with Crippen molar-refractivity contribution in [3.05, 3.63) is 29.8 Å². The number of benzene rings is 1. The van der Waals surface area contributed by atoms with Crippen molar-refractivity contribution in [1.82, 2.24) is 10.2 Å². The van der Waals surface area contributed by atoms with Crippen LogP contribution in [0, 0.1) is 6.92 Å². The standard InChI is InChI=1S/C17H25N3O5/c1-3-8-20-12(13(21)14(22)15(23)16(20)24)9-18-17(25)19-11-6-4-10(2)5-7-11/h4-7,12-15,21-23H,3,8-9H2,1-2H3,(H2,18,19,25)/t12-,13-,14-,15-/m1/s1. The second-order valence-electron chi connectivity index (χ2n) is 6.23. The Bertz CT molecular complexity index is 607. The number of amides is 3. The van der Waals surface area contributed by atoms with Crippen molar-refractivity contribution in [2.75, 3.05) is 18.4 Å². The van der Waals surface area contributed by atoms with Crippen LogP contribution in [0.2, 0.25) is 0 Å². The molecular formula is C17H25N3O5. The summed E-state index contributed by atoms with van der Waals surface area (Å²) in [5.74, 6) is -0.648. The molecule has 1 aliphatic heterocycles. The molecule has 0 unspecified atom stereocenters. The SMILES string of the molecule is CCCN1C(=O)[C@H](O)[C@H](O)[C@H](O)[C@H]1CNC(=O)Nc1ccc(C)cc1. The molecule has 1 heterocycles. The van der Waals surface area contributed by atoms with Gasteiger partial charge >= 0.3 is 6.03 Å². The number of anilines is 1. The fourth-order valence-electron chi connectivity index (χ4n) is 2.84. The minimum atomic E-state index is -1.65. The first-order chi connectivity index (χ1) is 11.8. The summed E-state index contributed by atoms with van der Waals surface area (Å²) in [5, 5.41) is 35.0. The molecular weight excluding hydrogens is 326 g/mol. The van der Waals surface area contributed by atoms with Crippen LogP contribution in [-0.4, -0.2) is 69.6 Å². The van der Waals surface area contributed by atoms with Gasteiger partial charge in [-0.1, -0.05) is 24.6 Å². The van der Waals surface area contributed by atoms with E-state index in [9.17, 15) is 24.9 Å². The quantitative estimate of drug-likeness (QED) is 0.504. The molecule has 1 fully saturated rings. The van der Waals surface area contributed by atoms with Gasteiger partial charge in [0.2, 0.25) is 0 Å². The summed E-state index contributed by atoms with van der Waals surface area (Å²) in [4.78, 5) is 25.4. The summed E-state index contributed by atoms with van der Waals surface area (Å²) in [6.07, 6.45) is -3.96. The fourth-order valence-corrected chi connectivity index (χ4v) is 2.84. The van der Waals surface area contributed by atoms with Gasteiger partial charge in [0, 0.05) is 18.8 Å². The van der Waals surface area contributed by atoms with Crippen molar-refractivity contribution in [2.45, 2.75) is 44.6 Å². The van der Waals surface area contributed by atoms with E-state index in [1.807, 2.05) is 26.0 Å². The number of aryl methyl sites for hydroxylation is 1. The van der Waals surface area contributed by atoms with Gasteiger partial charge in [0.05, 0.1) is 6.04 Å². The molecule has 0 aromatic heterocycles. The van der Waals surface area contributed by atoms with Gasteiger partial charge in [-0.05, 0) is 25.5 Å². The molecule has 0 spiro atoms. The van der Waals surface area contributed by atoms with Crippen molar-refractivity contribution in [3.8, 4) is 0 Å². The molecule has 0 radical (unpaired) electrons. The van der Waals surface area contributed by atoms with Crippen LogP contribution >= 0.6 is 0 Å². The van der Waals surface area contributed by atoms with Gasteiger partial charge in [-0.15, -0.1) is 0 Å². The number of hydrogen-bond donors (Lipinski definition) is 5. The zero-order valence-electron chi connectivity index (χ0n) is 14.3. The number of urea groups is 1. The summed E-state index contributed by atoms with van der Waals surface area (Å²) in [7, 11) is 0. The number of carbonyl (C=O) groups excluding carboxylic acids is 2. The van der Waals surface area contributed by atoms with Crippen molar-refractivity contribution >= 4 is 17.6 Å². The third-order valence-corrected chi connectivity index (χ3v) is 4.25. The number of rotatable bonds is 5. The second kappa shape index (κ2) is 8.28. The van der Waals surface area contributed by atoms with E-state index in [1.165, 1.54) is 4.90 Å². The lowest BCUT2D eigenvalue weighted by molar-refractivity contribution is -0.175. The Morgan fingerprint density at radius 2 is 1.80 bits per heavy atom. The zero-order valence-corrected chi connectivity index (χ0v) is 14.3. The zero-order chi connectivity index (χ0) is 18.6. The number of aliphatic hydroxyl groups excluding tert-OH is 3. The Morgan fingerprint density at radius 3 is 2.40 bits per heavy atom. The molecule has 1 aliphatic rings. The van der Waals surface area contributed by atoms with E-state index < -0.39 is 36.3 Å². The maximum atomic E-state index is 12.1. The Balaban J connectivity index is 1.99. The lowest BCUT2D eigenvalue weighted by atomic mass is 9.93. The highest BCUT2D eigenvalue weighted by Gasteiger charge is 2.46. The molecule has 4 atom stereocenters. The van der Waals surface area contributed by atoms with Gasteiger partial charge in [0.15, 0.2) is 6.10 Å². The highest BCUT2D eigenvalue weighted by Crippen LogP contribution is 2.20. The average molecular weight is 351 g/mol. The van der Waals surface area contributed by atoms with Crippen LogP contribution in [0.4, 0.5) is 10.5 Å². The van der Waals surface area contributed by atoms with Crippen LogP contribution in [0.25, 0.3) is 0 Å². The summed E-state index contributed by atoms with van der Waals surface area (Å²) in [6.45, 7) is 4.05.